The molecule has 17 heavy (non-hydrogen) atoms. The topological polar surface area (TPSA) is 29.9 Å². The zero-order valence-corrected chi connectivity index (χ0v) is 12.4. The average molecular weight is 314 g/mol. The zero-order valence-electron chi connectivity index (χ0n) is 9.98. The molecule has 2 rings (SSSR count). The van der Waals surface area contributed by atoms with E-state index in [1.807, 2.05) is 17.9 Å². The Hall–Kier alpha value is -0.650. The van der Waals surface area contributed by atoms with Crippen molar-refractivity contribution in [1.82, 2.24) is 15.1 Å². The molecule has 2 heterocycles. The van der Waals surface area contributed by atoms with E-state index in [0.29, 0.717) is 6.04 Å². The number of rotatable bonds is 5. The lowest BCUT2D eigenvalue weighted by Gasteiger charge is -2.15. The number of hydrogen-bond donors (Lipinski definition) is 1. The minimum atomic E-state index is 0.375. The number of thiophene rings is 1. The molecule has 0 aliphatic carbocycles. The zero-order chi connectivity index (χ0) is 12.3. The molecule has 0 saturated carbocycles. The van der Waals surface area contributed by atoms with Crippen LogP contribution in [0.15, 0.2) is 28.3 Å². The van der Waals surface area contributed by atoms with Gasteiger partial charge in [0.05, 0.1) is 6.20 Å². The highest BCUT2D eigenvalue weighted by Gasteiger charge is 2.14. The van der Waals surface area contributed by atoms with Crippen LogP contribution in [0.1, 0.15) is 23.4 Å². The van der Waals surface area contributed by atoms with Crippen molar-refractivity contribution in [1.29, 1.82) is 0 Å². The summed E-state index contributed by atoms with van der Waals surface area (Å²) < 4.78 is 3.01. The lowest BCUT2D eigenvalue weighted by molar-refractivity contribution is 0.558. The van der Waals surface area contributed by atoms with E-state index in [4.69, 9.17) is 0 Å². The highest BCUT2D eigenvalue weighted by Crippen LogP contribution is 2.27. The molecule has 2 aromatic heterocycles. The Morgan fingerprint density at radius 3 is 2.94 bits per heavy atom. The van der Waals surface area contributed by atoms with Gasteiger partial charge in [-0.15, -0.1) is 11.3 Å². The van der Waals surface area contributed by atoms with Gasteiger partial charge in [0.15, 0.2) is 0 Å². The predicted molar refractivity (Wildman–Crippen MR) is 75.3 cm³/mol. The average Bonchev–Trinajstić information content (AvgIpc) is 2.87. The van der Waals surface area contributed by atoms with E-state index in [-0.39, 0.29) is 0 Å². The molecule has 0 fully saturated rings. The summed E-state index contributed by atoms with van der Waals surface area (Å²) in [6.45, 7) is 3.11. The SMILES string of the molecule is CCNC(Cc1cnn(C)c1)c1cc(Br)cs1. The van der Waals surface area contributed by atoms with Crippen LogP contribution in [0.5, 0.6) is 0 Å². The molecule has 92 valence electrons. The first kappa shape index (κ1) is 12.8. The van der Waals surface area contributed by atoms with E-state index < -0.39 is 0 Å². The van der Waals surface area contributed by atoms with Crippen LogP contribution in [-0.4, -0.2) is 16.3 Å². The van der Waals surface area contributed by atoms with Crippen LogP contribution in [0.2, 0.25) is 0 Å². The van der Waals surface area contributed by atoms with Gasteiger partial charge in [-0.2, -0.15) is 5.10 Å². The fraction of sp³-hybridized carbons (Fsp3) is 0.417. The van der Waals surface area contributed by atoms with E-state index in [1.54, 1.807) is 11.3 Å². The molecule has 0 saturated heterocycles. The van der Waals surface area contributed by atoms with Crippen LogP contribution in [0.3, 0.4) is 0 Å². The third-order valence-electron chi connectivity index (χ3n) is 2.58. The van der Waals surface area contributed by atoms with Crippen molar-refractivity contribution < 1.29 is 0 Å². The quantitative estimate of drug-likeness (QED) is 0.919. The van der Waals surface area contributed by atoms with Gasteiger partial charge in [-0.25, -0.2) is 0 Å². The minimum Gasteiger partial charge on any atom is -0.309 e. The van der Waals surface area contributed by atoms with E-state index in [2.05, 4.69) is 50.9 Å². The predicted octanol–water partition coefficient (Wildman–Crippen LogP) is 3.14. The van der Waals surface area contributed by atoms with Crippen molar-refractivity contribution >= 4 is 27.3 Å². The van der Waals surface area contributed by atoms with Crippen molar-refractivity contribution in [3.63, 3.8) is 0 Å². The highest BCUT2D eigenvalue weighted by molar-refractivity contribution is 9.10. The second-order valence-electron chi connectivity index (χ2n) is 4.00. The van der Waals surface area contributed by atoms with E-state index >= 15 is 0 Å². The summed E-state index contributed by atoms with van der Waals surface area (Å²) >= 11 is 5.29. The van der Waals surface area contributed by atoms with Gasteiger partial charge in [-0.1, -0.05) is 6.92 Å². The Morgan fingerprint density at radius 1 is 1.59 bits per heavy atom. The molecule has 1 N–H and O–H groups in total. The Labute approximate surface area is 114 Å². The van der Waals surface area contributed by atoms with E-state index in [9.17, 15) is 0 Å². The Balaban J connectivity index is 2.12. The molecule has 3 nitrogen and oxygen atoms in total. The van der Waals surface area contributed by atoms with Gasteiger partial charge in [0, 0.05) is 34.0 Å². The van der Waals surface area contributed by atoms with Crippen molar-refractivity contribution in [3.8, 4) is 0 Å². The summed E-state index contributed by atoms with van der Waals surface area (Å²) in [4.78, 5) is 1.36. The summed E-state index contributed by atoms with van der Waals surface area (Å²) in [5, 5.41) is 9.86. The van der Waals surface area contributed by atoms with Gasteiger partial charge in [0.1, 0.15) is 0 Å². The summed E-state index contributed by atoms with van der Waals surface area (Å²) in [6, 6.07) is 2.56. The number of likely N-dealkylation sites (N-methyl/N-ethyl adjacent to an activating group) is 1. The Morgan fingerprint density at radius 2 is 2.41 bits per heavy atom. The first-order valence-electron chi connectivity index (χ1n) is 5.64. The number of nitrogens with zero attached hydrogens (tertiary/aromatic N) is 2. The van der Waals surface area contributed by atoms with Crippen LogP contribution in [0.4, 0.5) is 0 Å². The second kappa shape index (κ2) is 5.80. The lowest BCUT2D eigenvalue weighted by Crippen LogP contribution is -2.21. The smallest absolute Gasteiger partial charge is 0.0522 e. The van der Waals surface area contributed by atoms with E-state index in [0.717, 1.165) is 17.4 Å². The van der Waals surface area contributed by atoms with Gasteiger partial charge in [-0.3, -0.25) is 4.68 Å². The number of hydrogen-bond acceptors (Lipinski definition) is 3. The molecule has 5 heteroatoms. The normalized spacial score (nSPS) is 12.9. The molecule has 0 amide bonds. The molecule has 0 aromatic carbocycles. The fourth-order valence-electron chi connectivity index (χ4n) is 1.84. The number of aryl methyl sites for hydroxylation is 1. The van der Waals surface area contributed by atoms with Crippen LogP contribution in [0, 0.1) is 0 Å². The number of nitrogens with one attached hydrogen (secondary N) is 1. The summed E-state index contributed by atoms with van der Waals surface area (Å²) in [5.41, 5.74) is 1.27. The van der Waals surface area contributed by atoms with Gasteiger partial charge in [-0.05, 0) is 40.5 Å². The molecule has 0 radical (unpaired) electrons. The van der Waals surface area contributed by atoms with Crippen molar-refractivity contribution in [2.24, 2.45) is 7.05 Å². The van der Waals surface area contributed by atoms with Crippen LogP contribution >= 0.6 is 27.3 Å². The van der Waals surface area contributed by atoms with Gasteiger partial charge in [0.25, 0.3) is 0 Å². The van der Waals surface area contributed by atoms with Crippen LogP contribution in [0.25, 0.3) is 0 Å². The first-order chi connectivity index (χ1) is 8.19. The minimum absolute atomic E-state index is 0.375. The Kier molecular flexibility index (Phi) is 4.36. The molecule has 1 unspecified atom stereocenters. The monoisotopic (exact) mass is 313 g/mol. The van der Waals surface area contributed by atoms with Crippen molar-refractivity contribution in [3.05, 3.63) is 38.8 Å². The maximum atomic E-state index is 4.21. The maximum Gasteiger partial charge on any atom is 0.0522 e. The van der Waals surface area contributed by atoms with Crippen molar-refractivity contribution in [2.45, 2.75) is 19.4 Å². The molecule has 0 aliphatic rings. The van der Waals surface area contributed by atoms with E-state index in [1.165, 1.54) is 10.4 Å². The van der Waals surface area contributed by atoms with Crippen molar-refractivity contribution in [2.75, 3.05) is 6.54 Å². The Bertz CT molecular complexity index is 478. The van der Waals surface area contributed by atoms with Gasteiger partial charge >= 0.3 is 0 Å². The summed E-state index contributed by atoms with van der Waals surface area (Å²) in [6.07, 6.45) is 4.99. The molecular weight excluding hydrogens is 298 g/mol. The molecular formula is C12H16BrN3S. The highest BCUT2D eigenvalue weighted by atomic mass is 79.9. The van der Waals surface area contributed by atoms with Gasteiger partial charge < -0.3 is 5.32 Å². The molecule has 1 atom stereocenters. The largest absolute Gasteiger partial charge is 0.309 e. The summed E-state index contributed by atoms with van der Waals surface area (Å²) in [7, 11) is 1.95. The second-order valence-corrected chi connectivity index (χ2v) is 5.86. The standard InChI is InChI=1S/C12H16BrN3S/c1-3-14-11(12-5-10(13)8-17-12)4-9-6-15-16(2)7-9/h5-8,11,14H,3-4H2,1-2H3. The van der Waals surface area contributed by atoms with Crippen LogP contribution < -0.4 is 5.32 Å². The third-order valence-corrected chi connectivity index (χ3v) is 4.39. The molecule has 2 aromatic rings. The molecule has 0 bridgehead atoms. The maximum absolute atomic E-state index is 4.21. The number of halogens is 1. The summed E-state index contributed by atoms with van der Waals surface area (Å²) in [5.74, 6) is 0. The number of aromatic nitrogens is 2. The molecule has 0 aliphatic heterocycles. The third kappa shape index (κ3) is 3.40. The molecule has 0 spiro atoms. The van der Waals surface area contributed by atoms with Gasteiger partial charge in [0.2, 0.25) is 0 Å². The fourth-order valence-corrected chi connectivity index (χ4v) is 3.36. The lowest BCUT2D eigenvalue weighted by atomic mass is 10.1. The first-order valence-corrected chi connectivity index (χ1v) is 7.31. The van der Waals surface area contributed by atoms with Crippen LogP contribution in [-0.2, 0) is 13.5 Å².